The quantitative estimate of drug-likeness (QED) is 0.241. The summed E-state index contributed by atoms with van der Waals surface area (Å²) >= 11 is 0. The fourth-order valence-corrected chi connectivity index (χ4v) is 48.4. The Balaban J connectivity index is 0.418. The van der Waals surface area contributed by atoms with Crippen LogP contribution in [0, 0.1) is 303 Å². The van der Waals surface area contributed by atoms with Crippen LogP contribution in [0.25, 0.3) is 0 Å². The van der Waals surface area contributed by atoms with Crippen molar-refractivity contribution in [3.8, 4) is 24.7 Å². The van der Waals surface area contributed by atoms with Crippen LogP contribution in [0.2, 0.25) is 0 Å². The van der Waals surface area contributed by atoms with Crippen LogP contribution in [0.1, 0.15) is 231 Å². The summed E-state index contributed by atoms with van der Waals surface area (Å²) in [6, 6.07) is 0. The lowest BCUT2D eigenvalue weighted by atomic mass is 9.19. The van der Waals surface area contributed by atoms with E-state index in [2.05, 4.69) is 11.8 Å². The van der Waals surface area contributed by atoms with Crippen LogP contribution < -0.4 is 0 Å². The van der Waals surface area contributed by atoms with E-state index in [4.69, 9.17) is 12.8 Å². The predicted molar refractivity (Wildman–Crippen MR) is 339 cm³/mol. The van der Waals surface area contributed by atoms with Gasteiger partial charge in [-0.2, -0.15) is 0 Å². The smallest absolute Gasteiger partial charge is 0.0320 e. The van der Waals surface area contributed by atoms with Crippen molar-refractivity contribution in [2.75, 3.05) is 0 Å². The third-order valence-electron chi connectivity index (χ3n) is 48.6. The summed E-state index contributed by atoms with van der Waals surface area (Å²) in [6.45, 7) is 0. The molecule has 42 saturated carbocycles. The van der Waals surface area contributed by atoms with Crippen LogP contribution in [-0.2, 0) is 0 Å². The van der Waals surface area contributed by atoms with E-state index in [0.717, 1.165) is 196 Å². The minimum atomic E-state index is 0.327. The Labute approximate surface area is 530 Å². The molecule has 0 N–H and O–H groups in total. The number of hydrogen-bond donors (Lipinski definition) is 0. The largest absolute Gasteiger partial charge is 0.120 e. The summed E-state index contributed by atoms with van der Waals surface area (Å²) < 4.78 is 0. The molecule has 0 aromatic heterocycles. The topological polar surface area (TPSA) is 0 Å². The molecule has 0 aromatic rings. The molecule has 88 heavy (non-hydrogen) atoms. The van der Waals surface area contributed by atoms with Crippen molar-refractivity contribution in [1.29, 1.82) is 0 Å². The normalized spacial score (nSPS) is 80.3. The first-order valence-corrected chi connectivity index (χ1v) is 41.8. The Hall–Kier alpha value is -0.880. The zero-order valence-corrected chi connectivity index (χ0v) is 54.4. The lowest BCUT2D eigenvalue weighted by Gasteiger charge is -2.86. The van der Waals surface area contributed by atoms with Gasteiger partial charge in [-0.1, -0.05) is 11.8 Å². The minimum Gasteiger partial charge on any atom is -0.120 e. The standard InChI is InChI=1S/C88H110/c1-3-77-5-41-47-11-79(12-48(41)43(7-77)49(13-79)42(47)6-77)81-17-53-59-23-83(24-60(53)55(19-81)61(25-83)54(59)18-81)85-29-65-71-35-87(36-72(65)67(31-85)73(37-87)66(71)30-85)88-38-74-68-32-86(33-69(74)76(40-88)70(34-86)75(68)39-88)84-26-62-56-20-82(21-57(62)64(28-84)58(22-82)63(56)27-84)80-14-50-44-8-78(4-2)9-45(50)52(16-80)46(10-78)51(44)15-80/h1-2,41-76H,5-40H2. The average molecular weight is 1170 g/mol. The first-order valence-electron chi connectivity index (χ1n) is 41.8. The van der Waals surface area contributed by atoms with Crippen molar-refractivity contribution in [3.05, 3.63) is 0 Å². The van der Waals surface area contributed by atoms with Crippen molar-refractivity contribution in [1.82, 2.24) is 0 Å². The summed E-state index contributed by atoms with van der Waals surface area (Å²) in [5.74, 6) is 47.7. The molecule has 0 atom stereocenters. The lowest BCUT2D eigenvalue weighted by molar-refractivity contribution is -0.370. The second kappa shape index (κ2) is 13.2. The second-order valence-corrected chi connectivity index (χ2v) is 46.9. The third kappa shape index (κ3) is 4.30. The van der Waals surface area contributed by atoms with Gasteiger partial charge in [0.1, 0.15) is 0 Å². The maximum atomic E-state index is 6.44. The highest BCUT2D eigenvalue weighted by atomic mass is 14.9. The zero-order valence-electron chi connectivity index (χ0n) is 54.4. The summed E-state index contributed by atoms with van der Waals surface area (Å²) in [4.78, 5) is 0. The Morgan fingerprint density at radius 3 is 0.261 bits per heavy atom. The van der Waals surface area contributed by atoms with Crippen LogP contribution in [0.3, 0.4) is 0 Å². The highest BCUT2D eigenvalue weighted by Gasteiger charge is 2.87. The van der Waals surface area contributed by atoms with Gasteiger partial charge in [0.05, 0.1) is 0 Å². The summed E-state index contributed by atoms with van der Waals surface area (Å²) in [5.41, 5.74) is 8.37. The zero-order chi connectivity index (χ0) is 55.7. The second-order valence-electron chi connectivity index (χ2n) is 46.9. The highest BCUT2D eigenvalue weighted by molar-refractivity contribution is 5.36. The predicted octanol–water partition coefficient (Wildman–Crippen LogP) is 18.7. The van der Waals surface area contributed by atoms with Gasteiger partial charge in [-0.15, -0.1) is 12.8 Å². The summed E-state index contributed by atoms with van der Waals surface area (Å²) in [7, 11) is 0. The van der Waals surface area contributed by atoms with Crippen LogP contribution in [-0.4, -0.2) is 0 Å². The Morgan fingerprint density at radius 1 is 0.125 bits per heavy atom. The van der Waals surface area contributed by atoms with Gasteiger partial charge in [0.15, 0.2) is 0 Å². The van der Waals surface area contributed by atoms with Crippen LogP contribution in [0.4, 0.5) is 0 Å². The lowest BCUT2D eigenvalue weighted by Crippen LogP contribution is -2.78. The maximum Gasteiger partial charge on any atom is 0.0320 e. The number of hydrogen-bond acceptors (Lipinski definition) is 0. The van der Waals surface area contributed by atoms with Crippen LogP contribution in [0.5, 0.6) is 0 Å². The molecule has 0 amide bonds. The molecule has 42 aliphatic carbocycles. The average Bonchev–Trinajstić information content (AvgIpc) is 0.648. The molecule has 462 valence electrons. The molecular weight excluding hydrogens is 1060 g/mol. The fraction of sp³-hybridized carbons (Fsp3) is 0.955. The van der Waals surface area contributed by atoms with E-state index in [0.29, 0.717) is 10.8 Å². The van der Waals surface area contributed by atoms with Crippen molar-refractivity contribution < 1.29 is 0 Å². The third-order valence-corrected chi connectivity index (χ3v) is 48.6. The molecule has 42 rings (SSSR count). The van der Waals surface area contributed by atoms with Crippen molar-refractivity contribution >= 4 is 0 Å². The van der Waals surface area contributed by atoms with Crippen molar-refractivity contribution in [3.63, 3.8) is 0 Å². The van der Waals surface area contributed by atoms with E-state index in [9.17, 15) is 0 Å². The highest BCUT2D eigenvalue weighted by Crippen LogP contribution is 2.94. The van der Waals surface area contributed by atoms with Crippen LogP contribution in [0.15, 0.2) is 0 Å². The Kier molecular flexibility index (Phi) is 7.21. The van der Waals surface area contributed by atoms with Gasteiger partial charge in [-0.05, 0) is 498 Å². The van der Waals surface area contributed by atoms with Gasteiger partial charge in [-0.3, -0.25) is 0 Å². The molecule has 42 fully saturated rings. The number of terminal acetylenes is 2. The van der Waals surface area contributed by atoms with Crippen molar-refractivity contribution in [2.45, 2.75) is 231 Å². The Morgan fingerprint density at radius 2 is 0.193 bits per heavy atom. The fourth-order valence-electron chi connectivity index (χ4n) is 48.4. The van der Waals surface area contributed by atoms with Gasteiger partial charge >= 0.3 is 0 Å². The summed E-state index contributed by atoms with van der Waals surface area (Å²) in [6.07, 6.45) is 73.9. The van der Waals surface area contributed by atoms with Gasteiger partial charge < -0.3 is 0 Å². The van der Waals surface area contributed by atoms with Crippen LogP contribution >= 0.6 is 0 Å². The van der Waals surface area contributed by atoms with Gasteiger partial charge in [0.25, 0.3) is 0 Å². The van der Waals surface area contributed by atoms with Gasteiger partial charge in [0.2, 0.25) is 0 Å². The van der Waals surface area contributed by atoms with E-state index in [1.165, 1.54) is 110 Å². The summed E-state index contributed by atoms with van der Waals surface area (Å²) in [5, 5.41) is 0. The molecule has 0 aromatic carbocycles. The molecule has 0 aliphatic heterocycles. The van der Waals surface area contributed by atoms with Gasteiger partial charge in [-0.25, -0.2) is 0 Å². The molecule has 0 heteroatoms. The molecule has 0 heterocycles. The molecule has 48 bridgehead atoms. The van der Waals surface area contributed by atoms with E-state index < -0.39 is 0 Å². The first-order chi connectivity index (χ1) is 42.8. The molecule has 0 radical (unpaired) electrons. The Bertz CT molecular complexity index is 2910. The molecular formula is C88H110. The molecule has 0 nitrogen and oxygen atoms in total. The van der Waals surface area contributed by atoms with Gasteiger partial charge in [0, 0.05) is 10.8 Å². The monoisotopic (exact) mass is 1170 g/mol. The molecule has 42 aliphatic rings. The molecule has 0 unspecified atom stereocenters. The minimum absolute atomic E-state index is 0.327. The van der Waals surface area contributed by atoms with E-state index in [-0.39, 0.29) is 0 Å². The molecule has 0 spiro atoms. The number of rotatable bonds is 5. The maximum absolute atomic E-state index is 6.44. The van der Waals surface area contributed by atoms with E-state index in [1.54, 1.807) is 193 Å². The first kappa shape index (κ1) is 47.9. The van der Waals surface area contributed by atoms with Crippen molar-refractivity contribution in [2.24, 2.45) is 278 Å². The van der Waals surface area contributed by atoms with E-state index in [1.807, 2.05) is 0 Å². The SMILES string of the molecule is C#CC12CC3C4CC5(C67CC8C9CC%10(C%11%12CC%13C%14CC%15(C%16%17CC%18C%19CC%20(C%21%22CC%23C%24CC%25(C%26%27CC%28C%29CC%30(C#C)CC%28C(C%26)C(C%30)C%29C%27)CC%23C(C%21)C(C%25)C%24C%22)CC%18C(C%16)C(C%20)C%19C%17)CC%13C(C%11)C(C%15)C%14C%12)CC8C(C6)C(C%10)C9C7)CC3C(C1)C(C5)C4C2. The van der Waals surface area contributed by atoms with E-state index >= 15 is 0 Å². The molecule has 0 saturated heterocycles.